The third kappa shape index (κ3) is 6.54. The Hall–Kier alpha value is -3.22. The quantitative estimate of drug-likeness (QED) is 0.699. The van der Waals surface area contributed by atoms with E-state index in [0.29, 0.717) is 29.4 Å². The van der Waals surface area contributed by atoms with E-state index in [1.54, 1.807) is 24.3 Å². The molecule has 0 radical (unpaired) electrons. The van der Waals surface area contributed by atoms with E-state index in [2.05, 4.69) is 34.8 Å². The molecular weight excluding hydrogens is 344 g/mol. The number of carbonyl (C=O) groups excluding carboxylic acids is 3. The Morgan fingerprint density at radius 2 is 1.59 bits per heavy atom. The van der Waals surface area contributed by atoms with Crippen LogP contribution < -0.4 is 16.0 Å². The maximum absolute atomic E-state index is 12.5. The van der Waals surface area contributed by atoms with E-state index in [1.807, 2.05) is 0 Å². The van der Waals surface area contributed by atoms with Crippen molar-refractivity contribution in [3.8, 4) is 0 Å². The van der Waals surface area contributed by atoms with Gasteiger partial charge >= 0.3 is 0 Å². The van der Waals surface area contributed by atoms with Crippen molar-refractivity contribution in [2.24, 2.45) is 5.92 Å². The van der Waals surface area contributed by atoms with Crippen LogP contribution >= 0.6 is 0 Å². The van der Waals surface area contributed by atoms with E-state index in [0.717, 1.165) is 6.42 Å². The first kappa shape index (κ1) is 20.1. The highest BCUT2D eigenvalue weighted by atomic mass is 16.2. The summed E-state index contributed by atoms with van der Waals surface area (Å²) in [4.78, 5) is 39.8. The van der Waals surface area contributed by atoms with Gasteiger partial charge in [0, 0.05) is 37.2 Å². The van der Waals surface area contributed by atoms with Crippen LogP contribution in [0.1, 0.15) is 47.9 Å². The fraction of sp³-hybridized carbons (Fsp3) is 0.300. The Kier molecular flexibility index (Phi) is 7.05. The normalized spacial score (nSPS) is 10.4. The van der Waals surface area contributed by atoms with Gasteiger partial charge in [0.1, 0.15) is 0 Å². The van der Waals surface area contributed by atoms with Gasteiger partial charge in [-0.05, 0) is 36.6 Å². The summed E-state index contributed by atoms with van der Waals surface area (Å²) in [5.74, 6) is -0.350. The minimum atomic E-state index is -0.390. The topological polar surface area (TPSA) is 100 Å². The Morgan fingerprint density at radius 3 is 2.22 bits per heavy atom. The van der Waals surface area contributed by atoms with Crippen LogP contribution in [0.2, 0.25) is 0 Å². The Morgan fingerprint density at radius 1 is 0.963 bits per heavy atom. The molecule has 7 heteroatoms. The smallest absolute Gasteiger partial charge is 0.257 e. The summed E-state index contributed by atoms with van der Waals surface area (Å²) >= 11 is 0. The maximum Gasteiger partial charge on any atom is 0.257 e. The number of carbonyl (C=O) groups is 3. The number of rotatable bonds is 7. The van der Waals surface area contributed by atoms with Crippen molar-refractivity contribution in [2.75, 3.05) is 17.2 Å². The molecule has 2 aromatic rings. The monoisotopic (exact) mass is 368 g/mol. The van der Waals surface area contributed by atoms with Gasteiger partial charge in [0.05, 0.1) is 11.1 Å². The standard InChI is InChI=1S/C20H24N4O3/c1-13(2)7-8-22-19(26)15-9-16(12-21-11-15)20(27)24-18-6-4-5-17(10-18)23-14(3)25/h4-6,9-13H,7-8H2,1-3H3,(H,22,26)(H,23,25)(H,24,27). The number of hydrogen-bond donors (Lipinski definition) is 3. The van der Waals surface area contributed by atoms with E-state index in [-0.39, 0.29) is 23.3 Å². The van der Waals surface area contributed by atoms with Crippen LogP contribution in [0.15, 0.2) is 42.7 Å². The molecule has 2 rings (SSSR count). The summed E-state index contributed by atoms with van der Waals surface area (Å²) in [6.45, 7) is 6.15. The molecule has 0 atom stereocenters. The third-order valence-corrected chi connectivity index (χ3v) is 3.71. The average Bonchev–Trinajstić information content (AvgIpc) is 2.61. The number of nitrogens with zero attached hydrogens (tertiary/aromatic N) is 1. The highest BCUT2D eigenvalue weighted by Crippen LogP contribution is 2.16. The van der Waals surface area contributed by atoms with E-state index in [4.69, 9.17) is 0 Å². The van der Waals surface area contributed by atoms with Crippen LogP contribution in [0.3, 0.4) is 0 Å². The van der Waals surface area contributed by atoms with Gasteiger partial charge in [0.15, 0.2) is 0 Å². The predicted octanol–water partition coefficient (Wildman–Crippen LogP) is 3.07. The highest BCUT2D eigenvalue weighted by molar-refractivity contribution is 6.06. The van der Waals surface area contributed by atoms with Gasteiger partial charge in [-0.1, -0.05) is 19.9 Å². The molecule has 0 aliphatic rings. The number of nitrogens with one attached hydrogen (secondary N) is 3. The van der Waals surface area contributed by atoms with Crippen LogP contribution in [0.25, 0.3) is 0 Å². The zero-order valence-corrected chi connectivity index (χ0v) is 15.7. The second kappa shape index (κ2) is 9.47. The van der Waals surface area contributed by atoms with E-state index >= 15 is 0 Å². The number of benzene rings is 1. The minimum absolute atomic E-state index is 0.196. The number of hydrogen-bond acceptors (Lipinski definition) is 4. The van der Waals surface area contributed by atoms with E-state index < -0.39 is 0 Å². The molecular formula is C20H24N4O3. The summed E-state index contributed by atoms with van der Waals surface area (Å²) in [7, 11) is 0. The van der Waals surface area contributed by atoms with Gasteiger partial charge < -0.3 is 16.0 Å². The first-order chi connectivity index (χ1) is 12.8. The van der Waals surface area contributed by atoms with Gasteiger partial charge in [-0.2, -0.15) is 0 Å². The van der Waals surface area contributed by atoms with Crippen molar-refractivity contribution in [1.82, 2.24) is 10.3 Å². The fourth-order valence-corrected chi connectivity index (χ4v) is 2.35. The lowest BCUT2D eigenvalue weighted by molar-refractivity contribution is -0.114. The summed E-state index contributed by atoms with van der Waals surface area (Å²) in [6.07, 6.45) is 3.71. The van der Waals surface area contributed by atoms with E-state index in [1.165, 1.54) is 25.4 Å². The van der Waals surface area contributed by atoms with Crippen molar-refractivity contribution in [3.63, 3.8) is 0 Å². The van der Waals surface area contributed by atoms with Gasteiger partial charge in [-0.3, -0.25) is 19.4 Å². The molecule has 3 N–H and O–H groups in total. The molecule has 0 fully saturated rings. The zero-order chi connectivity index (χ0) is 19.8. The van der Waals surface area contributed by atoms with Crippen LogP contribution in [-0.2, 0) is 4.79 Å². The zero-order valence-electron chi connectivity index (χ0n) is 15.7. The Balaban J connectivity index is 2.04. The maximum atomic E-state index is 12.5. The van der Waals surface area contributed by atoms with Gasteiger partial charge in [-0.15, -0.1) is 0 Å². The largest absolute Gasteiger partial charge is 0.352 e. The second-order valence-electron chi connectivity index (χ2n) is 6.62. The third-order valence-electron chi connectivity index (χ3n) is 3.71. The molecule has 0 aliphatic carbocycles. The number of aromatic nitrogens is 1. The van der Waals surface area contributed by atoms with Gasteiger partial charge in [0.2, 0.25) is 5.91 Å². The molecule has 27 heavy (non-hydrogen) atoms. The molecule has 1 heterocycles. The molecule has 7 nitrogen and oxygen atoms in total. The molecule has 0 bridgehead atoms. The molecule has 3 amide bonds. The van der Waals surface area contributed by atoms with Crippen molar-refractivity contribution >= 4 is 29.1 Å². The van der Waals surface area contributed by atoms with E-state index in [9.17, 15) is 14.4 Å². The molecule has 0 aliphatic heterocycles. The highest BCUT2D eigenvalue weighted by Gasteiger charge is 2.12. The molecule has 0 spiro atoms. The Labute approximate surface area is 158 Å². The number of amides is 3. The molecule has 1 aromatic carbocycles. The fourth-order valence-electron chi connectivity index (χ4n) is 2.35. The lowest BCUT2D eigenvalue weighted by Gasteiger charge is -2.09. The summed E-state index contributed by atoms with van der Waals surface area (Å²) < 4.78 is 0. The van der Waals surface area contributed by atoms with Gasteiger partial charge in [0.25, 0.3) is 11.8 Å². The van der Waals surface area contributed by atoms with Crippen LogP contribution in [-0.4, -0.2) is 29.3 Å². The van der Waals surface area contributed by atoms with Gasteiger partial charge in [-0.25, -0.2) is 0 Å². The second-order valence-corrected chi connectivity index (χ2v) is 6.62. The summed E-state index contributed by atoms with van der Waals surface area (Å²) in [5.41, 5.74) is 1.71. The first-order valence-corrected chi connectivity index (χ1v) is 8.77. The van der Waals surface area contributed by atoms with Crippen molar-refractivity contribution < 1.29 is 14.4 Å². The van der Waals surface area contributed by atoms with Crippen LogP contribution in [0.5, 0.6) is 0 Å². The first-order valence-electron chi connectivity index (χ1n) is 8.77. The lowest BCUT2D eigenvalue weighted by Crippen LogP contribution is -2.26. The van der Waals surface area contributed by atoms with Crippen molar-refractivity contribution in [2.45, 2.75) is 27.2 Å². The predicted molar refractivity (Wildman–Crippen MR) is 105 cm³/mol. The van der Waals surface area contributed by atoms with Crippen molar-refractivity contribution in [3.05, 3.63) is 53.9 Å². The van der Waals surface area contributed by atoms with Crippen molar-refractivity contribution in [1.29, 1.82) is 0 Å². The number of anilines is 2. The Bertz CT molecular complexity index is 833. The minimum Gasteiger partial charge on any atom is -0.352 e. The average molecular weight is 368 g/mol. The summed E-state index contributed by atoms with van der Waals surface area (Å²) in [5, 5.41) is 8.21. The molecule has 1 aromatic heterocycles. The summed E-state index contributed by atoms with van der Waals surface area (Å²) in [6, 6.07) is 8.30. The molecule has 142 valence electrons. The number of pyridine rings is 1. The molecule has 0 saturated carbocycles. The van der Waals surface area contributed by atoms with Crippen LogP contribution in [0.4, 0.5) is 11.4 Å². The van der Waals surface area contributed by atoms with Crippen LogP contribution in [0, 0.1) is 5.92 Å². The lowest BCUT2D eigenvalue weighted by atomic mass is 10.1. The molecule has 0 saturated heterocycles. The molecule has 0 unspecified atom stereocenters. The SMILES string of the molecule is CC(=O)Nc1cccc(NC(=O)c2cncc(C(=O)NCCC(C)C)c2)c1.